The molecule has 1 N–H and O–H groups in total. The second-order valence-electron chi connectivity index (χ2n) is 4.91. The first-order valence-electron chi connectivity index (χ1n) is 6.25. The molecule has 1 aromatic carbocycles. The highest BCUT2D eigenvalue weighted by Gasteiger charge is 2.35. The van der Waals surface area contributed by atoms with Crippen LogP contribution in [-0.2, 0) is 14.6 Å². The van der Waals surface area contributed by atoms with Crippen LogP contribution >= 0.6 is 11.6 Å². The SMILES string of the molecule is CS(=O)(=O)c1ccc(Cl)c(C(=O)N2CCCC2C(=O)O)c1. The van der Waals surface area contributed by atoms with Crippen molar-refractivity contribution in [2.24, 2.45) is 0 Å². The van der Waals surface area contributed by atoms with Crippen molar-refractivity contribution in [2.45, 2.75) is 23.8 Å². The molecule has 0 saturated carbocycles. The highest BCUT2D eigenvalue weighted by molar-refractivity contribution is 7.90. The lowest BCUT2D eigenvalue weighted by atomic mass is 10.1. The molecule has 1 amide bonds. The molecule has 1 fully saturated rings. The summed E-state index contributed by atoms with van der Waals surface area (Å²) in [5, 5.41) is 9.21. The molecule has 0 radical (unpaired) electrons. The molecule has 1 saturated heterocycles. The first kappa shape index (κ1) is 15.8. The zero-order valence-corrected chi connectivity index (χ0v) is 12.8. The van der Waals surface area contributed by atoms with Crippen LogP contribution in [0, 0.1) is 0 Å². The van der Waals surface area contributed by atoms with Crippen molar-refractivity contribution in [1.29, 1.82) is 0 Å². The fraction of sp³-hybridized carbons (Fsp3) is 0.385. The molecule has 1 aliphatic heterocycles. The Morgan fingerprint density at radius 1 is 1.38 bits per heavy atom. The van der Waals surface area contributed by atoms with Gasteiger partial charge >= 0.3 is 5.97 Å². The monoisotopic (exact) mass is 331 g/mol. The van der Waals surface area contributed by atoms with Gasteiger partial charge in [-0.25, -0.2) is 13.2 Å². The van der Waals surface area contributed by atoms with Crippen molar-refractivity contribution in [2.75, 3.05) is 12.8 Å². The standard InChI is InChI=1S/C13H14ClNO5S/c1-21(19,20)8-4-5-10(14)9(7-8)12(16)15-6-2-3-11(15)13(17)18/h4-5,7,11H,2-3,6H2,1H3,(H,17,18). The molecule has 1 aliphatic rings. The van der Waals surface area contributed by atoms with E-state index in [1.165, 1.54) is 23.1 Å². The van der Waals surface area contributed by atoms with E-state index < -0.39 is 27.8 Å². The first-order valence-corrected chi connectivity index (χ1v) is 8.52. The number of likely N-dealkylation sites (tertiary alicyclic amines) is 1. The highest BCUT2D eigenvalue weighted by Crippen LogP contribution is 2.26. The average molecular weight is 332 g/mol. The normalized spacial score (nSPS) is 18.8. The molecule has 1 atom stereocenters. The van der Waals surface area contributed by atoms with E-state index in [1.807, 2.05) is 0 Å². The fourth-order valence-electron chi connectivity index (χ4n) is 2.32. The van der Waals surface area contributed by atoms with Crippen LogP contribution in [0.4, 0.5) is 0 Å². The third-order valence-corrected chi connectivity index (χ3v) is 4.83. The van der Waals surface area contributed by atoms with E-state index in [1.54, 1.807) is 0 Å². The van der Waals surface area contributed by atoms with Gasteiger partial charge in [-0.05, 0) is 31.0 Å². The summed E-state index contributed by atoms with van der Waals surface area (Å²) in [5.41, 5.74) is 0.00717. The molecule has 114 valence electrons. The van der Waals surface area contributed by atoms with E-state index in [0.717, 1.165) is 6.26 Å². The van der Waals surface area contributed by atoms with Crippen LogP contribution in [0.25, 0.3) is 0 Å². The van der Waals surface area contributed by atoms with E-state index in [2.05, 4.69) is 0 Å². The second-order valence-corrected chi connectivity index (χ2v) is 7.33. The van der Waals surface area contributed by atoms with Crippen molar-refractivity contribution < 1.29 is 23.1 Å². The van der Waals surface area contributed by atoms with Crippen LogP contribution in [0.15, 0.2) is 23.1 Å². The Labute approximate surface area is 127 Å². The summed E-state index contributed by atoms with van der Waals surface area (Å²) in [5.74, 6) is -1.63. The van der Waals surface area contributed by atoms with Gasteiger partial charge in [0.25, 0.3) is 5.91 Å². The Bertz CT molecular complexity index is 701. The summed E-state index contributed by atoms with van der Waals surface area (Å²) in [6, 6.07) is 2.94. The summed E-state index contributed by atoms with van der Waals surface area (Å²) < 4.78 is 23.1. The molecule has 8 heteroatoms. The predicted octanol–water partition coefficient (Wildman–Crippen LogP) is 1.43. The minimum atomic E-state index is -3.47. The number of amides is 1. The van der Waals surface area contributed by atoms with Crippen LogP contribution in [-0.4, -0.2) is 49.1 Å². The maximum atomic E-state index is 12.4. The first-order chi connectivity index (χ1) is 9.71. The van der Waals surface area contributed by atoms with Crippen LogP contribution in [0.2, 0.25) is 5.02 Å². The van der Waals surface area contributed by atoms with Gasteiger partial charge < -0.3 is 10.0 Å². The number of hydrogen-bond donors (Lipinski definition) is 1. The number of carbonyl (C=O) groups excluding carboxylic acids is 1. The smallest absolute Gasteiger partial charge is 0.326 e. The summed E-state index contributed by atoms with van der Waals surface area (Å²) in [7, 11) is -3.47. The van der Waals surface area contributed by atoms with Crippen LogP contribution < -0.4 is 0 Å². The van der Waals surface area contributed by atoms with E-state index in [0.29, 0.717) is 19.4 Å². The molecular formula is C13H14ClNO5S. The number of benzene rings is 1. The topological polar surface area (TPSA) is 91.8 Å². The molecular weight excluding hydrogens is 318 g/mol. The van der Waals surface area contributed by atoms with Crippen LogP contribution in [0.5, 0.6) is 0 Å². The average Bonchev–Trinajstić information content (AvgIpc) is 2.86. The Balaban J connectivity index is 2.41. The predicted molar refractivity (Wildman–Crippen MR) is 76.3 cm³/mol. The molecule has 0 aliphatic carbocycles. The van der Waals surface area contributed by atoms with Gasteiger partial charge in [0.05, 0.1) is 15.5 Å². The van der Waals surface area contributed by atoms with Gasteiger partial charge in [-0.15, -0.1) is 0 Å². The number of rotatable bonds is 3. The lowest BCUT2D eigenvalue weighted by molar-refractivity contribution is -0.141. The van der Waals surface area contributed by atoms with E-state index in [9.17, 15) is 18.0 Å². The van der Waals surface area contributed by atoms with Gasteiger partial charge in [-0.1, -0.05) is 11.6 Å². The van der Waals surface area contributed by atoms with Crippen molar-refractivity contribution in [1.82, 2.24) is 4.90 Å². The number of halogens is 1. The molecule has 1 heterocycles. The van der Waals surface area contributed by atoms with Gasteiger partial charge in [0.2, 0.25) is 0 Å². The van der Waals surface area contributed by atoms with Crippen molar-refractivity contribution >= 4 is 33.3 Å². The maximum absolute atomic E-state index is 12.4. The zero-order chi connectivity index (χ0) is 15.8. The molecule has 0 spiro atoms. The number of carbonyl (C=O) groups is 2. The third-order valence-electron chi connectivity index (χ3n) is 3.40. The Hall–Kier alpha value is -1.60. The fourth-order valence-corrected chi connectivity index (χ4v) is 3.17. The van der Waals surface area contributed by atoms with Gasteiger partial charge in [-0.2, -0.15) is 0 Å². The van der Waals surface area contributed by atoms with E-state index in [-0.39, 0.29) is 15.5 Å². The number of sulfone groups is 1. The molecule has 21 heavy (non-hydrogen) atoms. The summed E-state index contributed by atoms with van der Waals surface area (Å²) in [6.07, 6.45) is 2.00. The number of hydrogen-bond acceptors (Lipinski definition) is 4. The Morgan fingerprint density at radius 2 is 2.05 bits per heavy atom. The van der Waals surface area contributed by atoms with E-state index >= 15 is 0 Å². The number of aliphatic carboxylic acids is 1. The highest BCUT2D eigenvalue weighted by atomic mass is 35.5. The molecule has 1 unspecified atom stereocenters. The molecule has 2 rings (SSSR count). The minimum absolute atomic E-state index is 0.00717. The zero-order valence-electron chi connectivity index (χ0n) is 11.2. The van der Waals surface area contributed by atoms with Crippen LogP contribution in [0.3, 0.4) is 0 Å². The van der Waals surface area contributed by atoms with Crippen molar-refractivity contribution in [3.63, 3.8) is 0 Å². The van der Waals surface area contributed by atoms with Gasteiger partial charge in [0.1, 0.15) is 6.04 Å². The van der Waals surface area contributed by atoms with Gasteiger partial charge in [0.15, 0.2) is 9.84 Å². The lowest BCUT2D eigenvalue weighted by Crippen LogP contribution is -2.40. The van der Waals surface area contributed by atoms with Crippen molar-refractivity contribution in [3.8, 4) is 0 Å². The third kappa shape index (κ3) is 3.19. The maximum Gasteiger partial charge on any atom is 0.326 e. The lowest BCUT2D eigenvalue weighted by Gasteiger charge is -2.22. The summed E-state index contributed by atoms with van der Waals surface area (Å²) >= 11 is 5.96. The molecule has 1 aromatic rings. The van der Waals surface area contributed by atoms with E-state index in [4.69, 9.17) is 16.7 Å². The molecule has 0 aromatic heterocycles. The number of carboxylic acids is 1. The molecule has 6 nitrogen and oxygen atoms in total. The Morgan fingerprint density at radius 3 is 2.62 bits per heavy atom. The summed E-state index contributed by atoms with van der Waals surface area (Å²) in [4.78, 5) is 24.8. The summed E-state index contributed by atoms with van der Waals surface area (Å²) in [6.45, 7) is 0.315. The van der Waals surface area contributed by atoms with Crippen LogP contribution in [0.1, 0.15) is 23.2 Å². The second kappa shape index (κ2) is 5.65. The Kier molecular flexibility index (Phi) is 4.25. The van der Waals surface area contributed by atoms with Gasteiger partial charge in [-0.3, -0.25) is 4.79 Å². The van der Waals surface area contributed by atoms with Crippen molar-refractivity contribution in [3.05, 3.63) is 28.8 Å². The quantitative estimate of drug-likeness (QED) is 0.904. The number of nitrogens with zero attached hydrogens (tertiary/aromatic N) is 1. The largest absolute Gasteiger partial charge is 0.480 e. The van der Waals surface area contributed by atoms with Gasteiger partial charge in [0, 0.05) is 12.8 Å². The minimum Gasteiger partial charge on any atom is -0.480 e. The molecule has 0 bridgehead atoms. The number of carboxylic acid groups (broad SMARTS) is 1.